The number of ketones is 1. The normalized spacial score (nSPS) is 11.5. The van der Waals surface area contributed by atoms with Gasteiger partial charge in [-0.25, -0.2) is 92.6 Å². The van der Waals surface area contributed by atoms with Crippen LogP contribution in [0.1, 0.15) is 20.8 Å². The Morgan fingerprint density at radius 3 is 1.08 bits per heavy atom. The Balaban J connectivity index is 0.000000237. The Kier molecular flexibility index (Phi) is 14.6. The molecule has 1 N–H and O–H groups in total. The van der Waals surface area contributed by atoms with Gasteiger partial charge in [0.15, 0.2) is 69.8 Å². The molecule has 0 saturated carbocycles. The number of esters is 1. The van der Waals surface area contributed by atoms with Gasteiger partial charge in [0.25, 0.3) is 5.69 Å². The van der Waals surface area contributed by atoms with Gasteiger partial charge < -0.3 is 9.84 Å². The number of carbonyl (C=O) groups excluding carboxylic acids is 2. The quantitative estimate of drug-likeness (QED) is 0.0229. The fourth-order valence-electron chi connectivity index (χ4n) is 8.02. The number of Topliss-reactive ketones (excluding diaryl/α,β-unsaturated/α-hetero) is 1. The largest absolute Gasteiger partial charge is 0.508 e. The van der Waals surface area contributed by atoms with Crippen LogP contribution in [0.2, 0.25) is 0 Å². The standard InChI is InChI=1S/C24BF20.C24H17NO4/c26-5-1(6(27)14(35)21(42)13(5)34)25(2-7(28)15(36)22(43)16(37)8(2)29,3-9(30)17(38)23(44)18(39)10(3)31)4-11(32)19(40)24(45)20(41)12(4)33;26-19-11-13-20(14-12-19)29-24(28)22-15-10-17-6-4-5-9-21(17)25(22)16-23(27)18-7-2-1-3-8-18/h;1-15H,16H2/q-1;/p+1. The van der Waals surface area contributed by atoms with Crippen molar-refractivity contribution in [3.05, 3.63) is 219 Å². The highest BCUT2D eigenvalue weighted by molar-refractivity contribution is 7.20. The molecule has 0 aliphatic carbocycles. The zero-order valence-corrected chi connectivity index (χ0v) is 35.6. The van der Waals surface area contributed by atoms with Crippen molar-refractivity contribution >= 4 is 50.7 Å². The molecule has 0 amide bonds. The number of benzene rings is 7. The smallest absolute Gasteiger partial charge is 0.409 e. The van der Waals surface area contributed by atoms with Crippen molar-refractivity contribution in [3.8, 4) is 11.5 Å². The molecule has 74 heavy (non-hydrogen) atoms. The molecule has 0 fully saturated rings. The van der Waals surface area contributed by atoms with E-state index in [4.69, 9.17) is 4.74 Å². The number of aromatic hydroxyl groups is 1. The van der Waals surface area contributed by atoms with Gasteiger partial charge in [0, 0.05) is 23.1 Å². The second-order valence-electron chi connectivity index (χ2n) is 15.3. The summed E-state index contributed by atoms with van der Waals surface area (Å²) in [7, 11) is 0. The van der Waals surface area contributed by atoms with E-state index in [9.17, 15) is 67.4 Å². The van der Waals surface area contributed by atoms with E-state index in [1.54, 1.807) is 34.9 Å². The number of carbonyl (C=O) groups is 2. The second kappa shape index (κ2) is 20.2. The van der Waals surface area contributed by atoms with E-state index >= 15 is 35.1 Å². The maximum atomic E-state index is 15.4. The third-order valence-electron chi connectivity index (χ3n) is 11.3. The minimum absolute atomic E-state index is 0.00534. The van der Waals surface area contributed by atoms with Crippen LogP contribution < -0.4 is 31.2 Å². The number of hydrogen-bond donors (Lipinski definition) is 1. The summed E-state index contributed by atoms with van der Waals surface area (Å²) in [6.45, 7) is 0.00534. The SMILES string of the molecule is Fc1c(F)c(F)c([B-](c2c(F)c(F)c(F)c(F)c2F)(c2c(F)c(F)c(F)c(F)c2F)c2c(F)c(F)c(F)c(F)c2F)c(F)c1F.O=C(C[n+]1c(C(=O)Oc2ccc(O)cc2)ccc2ccccc21)c1ccccc1. The second-order valence-corrected chi connectivity index (χ2v) is 15.3. The number of hydrogen-bond acceptors (Lipinski definition) is 4. The molecule has 382 valence electrons. The molecule has 8 aromatic rings. The summed E-state index contributed by atoms with van der Waals surface area (Å²) >= 11 is 0. The first kappa shape index (κ1) is 53.4. The van der Waals surface area contributed by atoms with Crippen LogP contribution in [-0.4, -0.2) is 23.0 Å². The van der Waals surface area contributed by atoms with Crippen molar-refractivity contribution in [1.29, 1.82) is 0 Å². The molecule has 0 aliphatic heterocycles. The number of aromatic nitrogens is 1. The van der Waals surface area contributed by atoms with Crippen molar-refractivity contribution in [2.24, 2.45) is 0 Å². The molecule has 26 heteroatoms. The van der Waals surface area contributed by atoms with Crippen LogP contribution in [0.15, 0.2) is 91.0 Å². The number of halogens is 20. The fraction of sp³-hybridized carbons (Fsp3) is 0.0208. The van der Waals surface area contributed by atoms with E-state index in [0.29, 0.717) is 11.3 Å². The van der Waals surface area contributed by atoms with Crippen molar-refractivity contribution < 1.29 is 112 Å². The lowest BCUT2D eigenvalue weighted by molar-refractivity contribution is -0.659. The van der Waals surface area contributed by atoms with Gasteiger partial charge in [-0.2, -0.15) is 4.57 Å². The van der Waals surface area contributed by atoms with Crippen LogP contribution >= 0.6 is 0 Å². The number of pyridine rings is 1. The molecule has 0 saturated heterocycles. The van der Waals surface area contributed by atoms with Gasteiger partial charge in [-0.05, 0) is 36.4 Å². The molecule has 0 aliphatic rings. The number of rotatable bonds is 9. The van der Waals surface area contributed by atoms with Crippen LogP contribution in [0.5, 0.6) is 11.5 Å². The number of para-hydroxylation sites is 1. The highest BCUT2D eigenvalue weighted by atomic mass is 19.2. The maximum absolute atomic E-state index is 15.4. The summed E-state index contributed by atoms with van der Waals surface area (Å²) in [6.07, 6.45) is -7.22. The van der Waals surface area contributed by atoms with E-state index in [-0.39, 0.29) is 23.8 Å². The van der Waals surface area contributed by atoms with Crippen LogP contribution in [0.4, 0.5) is 87.8 Å². The molecule has 0 atom stereocenters. The average molecular weight is 1060 g/mol. The minimum Gasteiger partial charge on any atom is -0.508 e. The highest BCUT2D eigenvalue weighted by Crippen LogP contribution is 2.31. The van der Waals surface area contributed by atoms with E-state index in [0.717, 1.165) is 10.9 Å². The molecule has 1 aromatic heterocycles. The Labute approximate surface area is 398 Å². The molecule has 0 unspecified atom stereocenters. The van der Waals surface area contributed by atoms with Crippen LogP contribution in [0, 0.1) is 116 Å². The summed E-state index contributed by atoms with van der Waals surface area (Å²) in [4.78, 5) is 25.7. The molecule has 0 spiro atoms. The molecule has 0 bridgehead atoms. The average Bonchev–Trinajstić information content (AvgIpc) is 3.39. The van der Waals surface area contributed by atoms with Gasteiger partial charge in [-0.15, -0.1) is 21.9 Å². The van der Waals surface area contributed by atoms with Crippen molar-refractivity contribution in [2.75, 3.05) is 0 Å². The summed E-state index contributed by atoms with van der Waals surface area (Å²) in [6, 6.07) is 25.9. The zero-order valence-electron chi connectivity index (χ0n) is 35.6. The molecule has 7 aromatic carbocycles. The Morgan fingerprint density at radius 1 is 0.392 bits per heavy atom. The van der Waals surface area contributed by atoms with Crippen LogP contribution in [0.25, 0.3) is 10.9 Å². The summed E-state index contributed by atoms with van der Waals surface area (Å²) in [5, 5.41) is 10.3. The van der Waals surface area contributed by atoms with Gasteiger partial charge in [-0.1, -0.05) is 42.5 Å². The lowest BCUT2D eigenvalue weighted by Gasteiger charge is -2.44. The third kappa shape index (κ3) is 8.65. The maximum Gasteiger partial charge on any atom is 0.409 e. The molecule has 0 radical (unpaired) electrons. The van der Waals surface area contributed by atoms with E-state index in [1.807, 2.05) is 36.4 Å². The monoisotopic (exact) mass is 1060 g/mol. The first-order valence-electron chi connectivity index (χ1n) is 20.1. The number of fused-ring (bicyclic) bond motifs is 1. The number of ether oxygens (including phenoxy) is 1. The zero-order chi connectivity index (χ0) is 54.6. The van der Waals surface area contributed by atoms with Crippen molar-refractivity contribution in [1.82, 2.24) is 0 Å². The number of phenolic OH excluding ortho intramolecular Hbond substituents is 1. The fourth-order valence-corrected chi connectivity index (χ4v) is 8.02. The lowest BCUT2D eigenvalue weighted by Crippen LogP contribution is -2.81. The van der Waals surface area contributed by atoms with Crippen molar-refractivity contribution in [2.45, 2.75) is 6.54 Å². The van der Waals surface area contributed by atoms with E-state index in [2.05, 4.69) is 0 Å². The van der Waals surface area contributed by atoms with Crippen molar-refractivity contribution in [3.63, 3.8) is 0 Å². The van der Waals surface area contributed by atoms with Gasteiger partial charge >= 0.3 is 5.97 Å². The van der Waals surface area contributed by atoms with Gasteiger partial charge in [-0.3, -0.25) is 4.79 Å². The highest BCUT2D eigenvalue weighted by Gasteiger charge is 2.52. The lowest BCUT2D eigenvalue weighted by atomic mass is 9.12. The third-order valence-corrected chi connectivity index (χ3v) is 11.3. The van der Waals surface area contributed by atoms with Crippen LogP contribution in [-0.2, 0) is 6.54 Å². The molecule has 5 nitrogen and oxygen atoms in total. The Morgan fingerprint density at radius 2 is 0.716 bits per heavy atom. The molecule has 1 heterocycles. The summed E-state index contributed by atoms with van der Waals surface area (Å²) in [5.74, 6) is -71.7. The molecule has 8 rings (SSSR count). The first-order chi connectivity index (χ1) is 34.8. The predicted octanol–water partition coefficient (Wildman–Crippen LogP) is 9.78. The van der Waals surface area contributed by atoms with Gasteiger partial charge in [0.1, 0.15) is 64.2 Å². The van der Waals surface area contributed by atoms with E-state index < -0.39 is 150 Å². The topological polar surface area (TPSA) is 67.5 Å². The van der Waals surface area contributed by atoms with Gasteiger partial charge in [0.05, 0.1) is 0 Å². The number of nitrogens with zero attached hydrogens (tertiary/aromatic N) is 1. The molecular weight excluding hydrogens is 1050 g/mol. The van der Waals surface area contributed by atoms with Gasteiger partial charge in [0.2, 0.25) is 17.8 Å². The summed E-state index contributed by atoms with van der Waals surface area (Å²) in [5.41, 5.74) is -12.7. The first-order valence-corrected chi connectivity index (χ1v) is 20.1. The van der Waals surface area contributed by atoms with E-state index in [1.165, 1.54) is 24.3 Å². The van der Waals surface area contributed by atoms with Crippen LogP contribution in [0.3, 0.4) is 0 Å². The molecular formula is C48H18BF20NO4. The minimum atomic E-state index is -7.22. The number of phenols is 1. The summed E-state index contributed by atoms with van der Waals surface area (Å²) < 4.78 is 301. The Hall–Kier alpha value is -8.45. The Bertz CT molecular complexity index is 3240. The predicted molar refractivity (Wildman–Crippen MR) is 217 cm³/mol.